The van der Waals surface area contributed by atoms with Crippen molar-refractivity contribution in [1.29, 1.82) is 0 Å². The zero-order chi connectivity index (χ0) is 12.3. The predicted octanol–water partition coefficient (Wildman–Crippen LogP) is 3.86. The number of hydrogen-bond donors (Lipinski definition) is 1. The molecule has 1 unspecified atom stereocenters. The molecule has 2 rings (SSSR count). The van der Waals surface area contributed by atoms with Crippen molar-refractivity contribution < 1.29 is 5.11 Å². The second kappa shape index (κ2) is 5.67. The van der Waals surface area contributed by atoms with Gasteiger partial charge in [0.25, 0.3) is 0 Å². The van der Waals surface area contributed by atoms with E-state index in [9.17, 15) is 5.11 Å². The molecule has 1 aromatic carbocycles. The van der Waals surface area contributed by atoms with Crippen LogP contribution in [0.1, 0.15) is 16.0 Å². The second-order valence-corrected chi connectivity index (χ2v) is 6.05. The molecule has 1 aromatic heterocycles. The normalized spacial score (nSPS) is 12.6. The highest BCUT2D eigenvalue weighted by Crippen LogP contribution is 2.23. The second-order valence-electron chi connectivity index (χ2n) is 4.25. The van der Waals surface area contributed by atoms with Crippen LogP contribution in [0.4, 0.5) is 0 Å². The van der Waals surface area contributed by atoms with Gasteiger partial charge >= 0.3 is 0 Å². The van der Waals surface area contributed by atoms with Crippen molar-refractivity contribution in [2.75, 3.05) is 0 Å². The number of hydrogen-bond acceptors (Lipinski definition) is 2. The van der Waals surface area contributed by atoms with E-state index in [0.717, 1.165) is 9.21 Å². The van der Waals surface area contributed by atoms with Crippen LogP contribution in [0, 0.1) is 6.92 Å². The van der Waals surface area contributed by atoms with Crippen LogP contribution in [0.2, 0.25) is 4.34 Å². The first kappa shape index (κ1) is 12.6. The van der Waals surface area contributed by atoms with Gasteiger partial charge in [0.1, 0.15) is 0 Å². The third kappa shape index (κ3) is 3.84. The van der Waals surface area contributed by atoms with E-state index in [0.29, 0.717) is 12.8 Å². The third-order valence-corrected chi connectivity index (χ3v) is 3.91. The molecular weight excluding hydrogens is 252 g/mol. The molecule has 0 saturated carbocycles. The maximum absolute atomic E-state index is 10.00. The maximum atomic E-state index is 10.00. The minimum absolute atomic E-state index is 0.340. The average Bonchev–Trinajstić information content (AvgIpc) is 2.67. The van der Waals surface area contributed by atoms with Gasteiger partial charge < -0.3 is 5.11 Å². The Hall–Kier alpha value is -0.830. The molecule has 0 radical (unpaired) electrons. The Labute approximate surface area is 111 Å². The Morgan fingerprint density at radius 3 is 2.41 bits per heavy atom. The van der Waals surface area contributed by atoms with Gasteiger partial charge in [0, 0.05) is 11.3 Å². The zero-order valence-corrected chi connectivity index (χ0v) is 11.3. The van der Waals surface area contributed by atoms with Crippen LogP contribution in [0.5, 0.6) is 0 Å². The highest BCUT2D eigenvalue weighted by molar-refractivity contribution is 7.16. The first-order valence-electron chi connectivity index (χ1n) is 5.61. The third-order valence-electron chi connectivity index (χ3n) is 2.66. The average molecular weight is 267 g/mol. The molecule has 17 heavy (non-hydrogen) atoms. The molecule has 2 aromatic rings. The molecule has 3 heteroatoms. The van der Waals surface area contributed by atoms with Crippen LogP contribution in [0.25, 0.3) is 0 Å². The number of halogens is 1. The number of aryl methyl sites for hydroxylation is 1. The van der Waals surface area contributed by atoms with Crippen molar-refractivity contribution in [2.24, 2.45) is 0 Å². The monoisotopic (exact) mass is 266 g/mol. The van der Waals surface area contributed by atoms with Crippen LogP contribution in [-0.4, -0.2) is 11.2 Å². The van der Waals surface area contributed by atoms with Crippen molar-refractivity contribution in [3.8, 4) is 0 Å². The summed E-state index contributed by atoms with van der Waals surface area (Å²) in [4.78, 5) is 1.13. The summed E-state index contributed by atoms with van der Waals surface area (Å²) < 4.78 is 0.780. The van der Waals surface area contributed by atoms with Crippen molar-refractivity contribution >= 4 is 22.9 Å². The minimum atomic E-state index is -0.340. The fourth-order valence-electron chi connectivity index (χ4n) is 1.76. The Morgan fingerprint density at radius 2 is 1.82 bits per heavy atom. The van der Waals surface area contributed by atoms with Crippen molar-refractivity contribution in [3.05, 3.63) is 56.7 Å². The summed E-state index contributed by atoms with van der Waals surface area (Å²) in [5.74, 6) is 0. The smallest absolute Gasteiger partial charge is 0.0931 e. The zero-order valence-electron chi connectivity index (χ0n) is 9.69. The molecule has 0 saturated heterocycles. The van der Waals surface area contributed by atoms with E-state index in [4.69, 9.17) is 11.6 Å². The van der Waals surface area contributed by atoms with Gasteiger partial charge in [-0.15, -0.1) is 11.3 Å². The van der Waals surface area contributed by atoms with Crippen molar-refractivity contribution in [3.63, 3.8) is 0 Å². The predicted molar refractivity (Wildman–Crippen MR) is 73.9 cm³/mol. The van der Waals surface area contributed by atoms with Crippen molar-refractivity contribution in [1.82, 2.24) is 0 Å². The van der Waals surface area contributed by atoms with Gasteiger partial charge in [-0.3, -0.25) is 0 Å². The molecule has 1 nitrogen and oxygen atoms in total. The molecule has 0 bridgehead atoms. The minimum Gasteiger partial charge on any atom is -0.392 e. The molecule has 0 aliphatic heterocycles. The Morgan fingerprint density at radius 1 is 1.12 bits per heavy atom. The van der Waals surface area contributed by atoms with E-state index in [1.54, 1.807) is 0 Å². The van der Waals surface area contributed by atoms with Crippen LogP contribution >= 0.6 is 22.9 Å². The Bertz CT molecular complexity index is 475. The summed E-state index contributed by atoms with van der Waals surface area (Å²) in [6.07, 6.45) is 1.02. The van der Waals surface area contributed by atoms with Gasteiger partial charge in [-0.1, -0.05) is 41.4 Å². The number of benzene rings is 1. The largest absolute Gasteiger partial charge is 0.392 e. The highest BCUT2D eigenvalue weighted by Gasteiger charge is 2.08. The van der Waals surface area contributed by atoms with E-state index in [-0.39, 0.29) is 6.10 Å². The van der Waals surface area contributed by atoms with Gasteiger partial charge in [-0.2, -0.15) is 0 Å². The van der Waals surface area contributed by atoms with Gasteiger partial charge in [0.2, 0.25) is 0 Å². The van der Waals surface area contributed by atoms with E-state index in [1.807, 2.05) is 12.1 Å². The van der Waals surface area contributed by atoms with E-state index in [1.165, 1.54) is 22.5 Å². The molecule has 0 amide bonds. The molecule has 1 heterocycles. The standard InChI is InChI=1S/C14H15ClOS/c1-10-2-4-11(5-3-10)8-12(16)9-13-6-7-14(15)17-13/h2-7,12,16H,8-9H2,1H3. The number of aliphatic hydroxyl groups excluding tert-OH is 1. The molecular formula is C14H15ClOS. The topological polar surface area (TPSA) is 20.2 Å². The summed E-state index contributed by atoms with van der Waals surface area (Å²) >= 11 is 7.39. The fourth-order valence-corrected chi connectivity index (χ4v) is 2.92. The molecule has 90 valence electrons. The first-order valence-corrected chi connectivity index (χ1v) is 6.81. The Balaban J connectivity index is 1.93. The number of thiophene rings is 1. The molecule has 0 spiro atoms. The Kier molecular flexibility index (Phi) is 4.21. The summed E-state index contributed by atoms with van der Waals surface area (Å²) in [7, 11) is 0. The van der Waals surface area contributed by atoms with Crippen LogP contribution in [0.15, 0.2) is 36.4 Å². The highest BCUT2D eigenvalue weighted by atomic mass is 35.5. The summed E-state index contributed by atoms with van der Waals surface area (Å²) in [6, 6.07) is 12.1. The van der Waals surface area contributed by atoms with E-state index < -0.39 is 0 Å². The van der Waals surface area contributed by atoms with Gasteiger partial charge in [-0.05, 0) is 31.0 Å². The molecule has 1 N–H and O–H groups in total. The molecule has 0 aliphatic rings. The SMILES string of the molecule is Cc1ccc(CC(O)Cc2ccc(Cl)s2)cc1. The van der Waals surface area contributed by atoms with E-state index >= 15 is 0 Å². The number of rotatable bonds is 4. The lowest BCUT2D eigenvalue weighted by atomic mass is 10.0. The summed E-state index contributed by atoms with van der Waals surface area (Å²) in [5, 5.41) is 10.00. The lowest BCUT2D eigenvalue weighted by Gasteiger charge is -2.09. The van der Waals surface area contributed by atoms with Crippen LogP contribution < -0.4 is 0 Å². The molecule has 0 aliphatic carbocycles. The summed E-state index contributed by atoms with van der Waals surface area (Å²) in [5.41, 5.74) is 2.42. The first-order chi connectivity index (χ1) is 8.13. The van der Waals surface area contributed by atoms with Crippen LogP contribution in [-0.2, 0) is 12.8 Å². The lowest BCUT2D eigenvalue weighted by molar-refractivity contribution is 0.176. The van der Waals surface area contributed by atoms with Crippen LogP contribution in [0.3, 0.4) is 0 Å². The van der Waals surface area contributed by atoms with Gasteiger partial charge in [0.15, 0.2) is 0 Å². The van der Waals surface area contributed by atoms with Gasteiger partial charge in [0.05, 0.1) is 10.4 Å². The maximum Gasteiger partial charge on any atom is 0.0931 e. The molecule has 1 atom stereocenters. The number of aliphatic hydroxyl groups is 1. The van der Waals surface area contributed by atoms with E-state index in [2.05, 4.69) is 31.2 Å². The lowest BCUT2D eigenvalue weighted by Crippen LogP contribution is -2.13. The quantitative estimate of drug-likeness (QED) is 0.891. The van der Waals surface area contributed by atoms with Gasteiger partial charge in [-0.25, -0.2) is 0 Å². The molecule has 0 fully saturated rings. The fraction of sp³-hybridized carbons (Fsp3) is 0.286. The van der Waals surface area contributed by atoms with Crippen molar-refractivity contribution in [2.45, 2.75) is 25.9 Å². The summed E-state index contributed by atoms with van der Waals surface area (Å²) in [6.45, 7) is 2.06.